The molecular formula is C12H16N2O4. The minimum absolute atomic E-state index is 0.0592. The van der Waals surface area contributed by atoms with E-state index in [9.17, 15) is 20.4 Å². The van der Waals surface area contributed by atoms with E-state index in [1.807, 2.05) is 0 Å². The van der Waals surface area contributed by atoms with Gasteiger partial charge in [-0.05, 0) is 26.0 Å². The van der Waals surface area contributed by atoms with Crippen LogP contribution in [0.2, 0.25) is 0 Å². The highest BCUT2D eigenvalue weighted by Crippen LogP contribution is 2.23. The minimum atomic E-state index is -0.817. The van der Waals surface area contributed by atoms with E-state index in [2.05, 4.69) is 6.58 Å². The van der Waals surface area contributed by atoms with Crippen molar-refractivity contribution in [3.63, 3.8) is 0 Å². The Labute approximate surface area is 105 Å². The van der Waals surface area contributed by atoms with E-state index < -0.39 is 17.1 Å². The zero-order valence-corrected chi connectivity index (χ0v) is 10.3. The summed E-state index contributed by atoms with van der Waals surface area (Å²) in [5.41, 5.74) is 0.886. The number of nitro groups is 1. The number of nitro benzene ring substituents is 1. The van der Waals surface area contributed by atoms with E-state index in [1.165, 1.54) is 31.2 Å². The summed E-state index contributed by atoms with van der Waals surface area (Å²) in [6.07, 6.45) is -0.817. The summed E-state index contributed by atoms with van der Waals surface area (Å²) in [5, 5.41) is 30.9. The van der Waals surface area contributed by atoms with Gasteiger partial charge in [-0.15, -0.1) is 0 Å². The van der Waals surface area contributed by atoms with Crippen molar-refractivity contribution in [2.24, 2.45) is 0 Å². The fourth-order valence-corrected chi connectivity index (χ4v) is 1.71. The molecule has 0 fully saturated rings. The fourth-order valence-electron chi connectivity index (χ4n) is 1.71. The Morgan fingerprint density at radius 1 is 1.44 bits per heavy atom. The molecule has 0 heterocycles. The molecular weight excluding hydrogens is 236 g/mol. The summed E-state index contributed by atoms with van der Waals surface area (Å²) >= 11 is 0. The van der Waals surface area contributed by atoms with E-state index in [0.29, 0.717) is 11.3 Å². The normalized spacial score (nSPS) is 13.8. The monoisotopic (exact) mass is 252 g/mol. The molecule has 6 heteroatoms. The molecule has 0 saturated heterocycles. The lowest BCUT2D eigenvalue weighted by atomic mass is 10.0. The Morgan fingerprint density at radius 3 is 2.28 bits per heavy atom. The number of hydrogen-bond donors (Lipinski definition) is 2. The minimum Gasteiger partial charge on any atom is -0.391 e. The third kappa shape index (κ3) is 3.06. The molecule has 0 aliphatic rings. The van der Waals surface area contributed by atoms with Crippen molar-refractivity contribution < 1.29 is 15.2 Å². The van der Waals surface area contributed by atoms with Crippen LogP contribution in [0.5, 0.6) is 0 Å². The SMILES string of the molecule is C=C(C)[C@H]([C@H](C)O)N(O)c1ccc([N+](=O)[O-])cc1. The number of non-ortho nitro benzene ring substituents is 1. The van der Waals surface area contributed by atoms with Gasteiger partial charge in [-0.1, -0.05) is 12.2 Å². The molecule has 0 radical (unpaired) electrons. The quantitative estimate of drug-likeness (QED) is 0.476. The molecule has 6 nitrogen and oxygen atoms in total. The molecule has 1 rings (SSSR count). The van der Waals surface area contributed by atoms with Crippen molar-refractivity contribution >= 4 is 11.4 Å². The van der Waals surface area contributed by atoms with Crippen LogP contribution in [-0.4, -0.2) is 27.4 Å². The maximum atomic E-state index is 10.5. The zero-order chi connectivity index (χ0) is 13.9. The van der Waals surface area contributed by atoms with Crippen LogP contribution in [-0.2, 0) is 0 Å². The predicted octanol–water partition coefficient (Wildman–Crippen LogP) is 2.12. The first-order valence-corrected chi connectivity index (χ1v) is 5.40. The van der Waals surface area contributed by atoms with Gasteiger partial charge in [-0.2, -0.15) is 0 Å². The Hall–Kier alpha value is -1.92. The summed E-state index contributed by atoms with van der Waals surface area (Å²) in [6.45, 7) is 6.92. The highest BCUT2D eigenvalue weighted by Gasteiger charge is 2.23. The summed E-state index contributed by atoms with van der Waals surface area (Å²) in [4.78, 5) is 9.99. The molecule has 98 valence electrons. The van der Waals surface area contributed by atoms with Gasteiger partial charge in [-0.25, -0.2) is 5.06 Å². The van der Waals surface area contributed by atoms with Crippen molar-refractivity contribution in [2.45, 2.75) is 26.0 Å². The van der Waals surface area contributed by atoms with Crippen molar-refractivity contribution in [3.8, 4) is 0 Å². The molecule has 0 aliphatic carbocycles. The van der Waals surface area contributed by atoms with Crippen molar-refractivity contribution in [1.29, 1.82) is 0 Å². The predicted molar refractivity (Wildman–Crippen MR) is 67.6 cm³/mol. The van der Waals surface area contributed by atoms with E-state index >= 15 is 0 Å². The topological polar surface area (TPSA) is 86.8 Å². The lowest BCUT2D eigenvalue weighted by Crippen LogP contribution is -2.41. The number of anilines is 1. The number of aliphatic hydroxyl groups is 1. The lowest BCUT2D eigenvalue weighted by molar-refractivity contribution is -0.384. The third-order valence-electron chi connectivity index (χ3n) is 2.55. The number of hydroxylamine groups is 1. The lowest BCUT2D eigenvalue weighted by Gasteiger charge is -2.30. The van der Waals surface area contributed by atoms with Gasteiger partial charge in [0.05, 0.1) is 16.7 Å². The number of benzene rings is 1. The molecule has 1 aromatic rings. The van der Waals surface area contributed by atoms with Crippen LogP contribution in [0.3, 0.4) is 0 Å². The highest BCUT2D eigenvalue weighted by atomic mass is 16.6. The van der Waals surface area contributed by atoms with E-state index in [-0.39, 0.29) is 5.69 Å². The molecule has 2 atom stereocenters. The maximum Gasteiger partial charge on any atom is 0.269 e. The summed E-state index contributed by atoms with van der Waals surface area (Å²) in [5.74, 6) is 0. The van der Waals surface area contributed by atoms with Gasteiger partial charge < -0.3 is 5.11 Å². The van der Waals surface area contributed by atoms with Crippen molar-refractivity contribution in [1.82, 2.24) is 0 Å². The Balaban J connectivity index is 2.98. The molecule has 18 heavy (non-hydrogen) atoms. The van der Waals surface area contributed by atoms with Gasteiger partial charge in [0.1, 0.15) is 6.04 Å². The molecule has 0 unspecified atom stereocenters. The molecule has 1 aromatic carbocycles. The summed E-state index contributed by atoms with van der Waals surface area (Å²) in [7, 11) is 0. The molecule has 0 aromatic heterocycles. The number of hydrogen-bond acceptors (Lipinski definition) is 5. The molecule has 0 bridgehead atoms. The Kier molecular flexibility index (Phi) is 4.41. The van der Waals surface area contributed by atoms with Crippen LogP contribution < -0.4 is 5.06 Å². The second kappa shape index (κ2) is 5.61. The van der Waals surface area contributed by atoms with Crippen molar-refractivity contribution in [3.05, 3.63) is 46.5 Å². The van der Waals surface area contributed by atoms with Gasteiger partial charge in [0.25, 0.3) is 5.69 Å². The smallest absolute Gasteiger partial charge is 0.269 e. The third-order valence-corrected chi connectivity index (χ3v) is 2.55. The summed E-state index contributed by atoms with van der Waals surface area (Å²) in [6, 6.07) is 4.74. The first kappa shape index (κ1) is 14.1. The Morgan fingerprint density at radius 2 is 1.94 bits per heavy atom. The average molecular weight is 252 g/mol. The average Bonchev–Trinajstić information content (AvgIpc) is 2.28. The van der Waals surface area contributed by atoms with Crippen molar-refractivity contribution in [2.75, 3.05) is 5.06 Å². The van der Waals surface area contributed by atoms with Gasteiger partial charge in [0.15, 0.2) is 0 Å². The standard InChI is InChI=1S/C12H16N2O4/c1-8(2)12(9(3)15)13(16)10-4-6-11(7-5-10)14(17)18/h4-7,9,12,15-16H,1H2,2-3H3/t9-,12+/m0/s1. The molecule has 0 spiro atoms. The van der Waals surface area contributed by atoms with Crippen LogP contribution in [0.25, 0.3) is 0 Å². The largest absolute Gasteiger partial charge is 0.391 e. The van der Waals surface area contributed by atoms with Crippen LogP contribution in [0.1, 0.15) is 13.8 Å². The maximum absolute atomic E-state index is 10.5. The summed E-state index contributed by atoms with van der Waals surface area (Å²) < 4.78 is 0. The van der Waals surface area contributed by atoms with Gasteiger partial charge >= 0.3 is 0 Å². The molecule has 0 aliphatic heterocycles. The number of nitrogens with zero attached hydrogens (tertiary/aromatic N) is 2. The van der Waals surface area contributed by atoms with Crippen LogP contribution in [0, 0.1) is 10.1 Å². The first-order valence-electron chi connectivity index (χ1n) is 5.40. The zero-order valence-electron chi connectivity index (χ0n) is 10.3. The van der Waals surface area contributed by atoms with Crippen LogP contribution in [0.4, 0.5) is 11.4 Å². The van der Waals surface area contributed by atoms with Gasteiger partial charge in [-0.3, -0.25) is 15.3 Å². The van der Waals surface area contributed by atoms with Crippen LogP contribution in [0.15, 0.2) is 36.4 Å². The number of aliphatic hydroxyl groups excluding tert-OH is 1. The second-order valence-electron chi connectivity index (χ2n) is 4.15. The Bertz CT molecular complexity index is 442. The van der Waals surface area contributed by atoms with Crippen LogP contribution >= 0.6 is 0 Å². The molecule has 0 amide bonds. The second-order valence-corrected chi connectivity index (χ2v) is 4.15. The molecule has 0 saturated carbocycles. The van der Waals surface area contributed by atoms with Gasteiger partial charge in [0.2, 0.25) is 0 Å². The first-order chi connectivity index (χ1) is 8.34. The number of rotatable bonds is 5. The van der Waals surface area contributed by atoms with Gasteiger partial charge in [0, 0.05) is 12.1 Å². The van der Waals surface area contributed by atoms with E-state index in [4.69, 9.17) is 0 Å². The fraction of sp³-hybridized carbons (Fsp3) is 0.333. The van der Waals surface area contributed by atoms with E-state index in [1.54, 1.807) is 6.92 Å². The van der Waals surface area contributed by atoms with E-state index in [0.717, 1.165) is 5.06 Å². The highest BCUT2D eigenvalue weighted by molar-refractivity contribution is 5.50. The molecule has 2 N–H and O–H groups in total.